The minimum Gasteiger partial charge on any atom is -0.357 e. The number of rotatable bonds is 6. The van der Waals surface area contributed by atoms with Gasteiger partial charge in [0.2, 0.25) is 17.8 Å². The van der Waals surface area contributed by atoms with Crippen molar-refractivity contribution < 1.29 is 0 Å². The number of hydrogen-bond acceptors (Lipinski definition) is 6. The normalized spacial score (nSPS) is 17.0. The van der Waals surface area contributed by atoms with Crippen LogP contribution in [0.5, 0.6) is 0 Å². The molecule has 1 saturated carbocycles. The zero-order chi connectivity index (χ0) is 14.6. The molecule has 1 fully saturated rings. The Morgan fingerprint density at radius 2 is 1.75 bits per heavy atom. The molecule has 0 atom stereocenters. The molecular weight excluding hydrogens is 252 g/mol. The van der Waals surface area contributed by atoms with Crippen molar-refractivity contribution >= 4 is 17.8 Å². The third-order valence-electron chi connectivity index (χ3n) is 4.28. The molecule has 112 valence electrons. The summed E-state index contributed by atoms with van der Waals surface area (Å²) in [6, 6.07) is 0. The molecular formula is C14H26N6. The van der Waals surface area contributed by atoms with Crippen LogP contribution in [0.3, 0.4) is 0 Å². The average Bonchev–Trinajstić information content (AvgIpc) is 2.94. The summed E-state index contributed by atoms with van der Waals surface area (Å²) in [7, 11) is 5.69. The fourth-order valence-corrected chi connectivity index (χ4v) is 2.80. The molecule has 0 saturated heterocycles. The van der Waals surface area contributed by atoms with Crippen molar-refractivity contribution in [2.24, 2.45) is 5.41 Å². The van der Waals surface area contributed by atoms with E-state index in [1.807, 2.05) is 26.0 Å². The van der Waals surface area contributed by atoms with Gasteiger partial charge < -0.3 is 15.5 Å². The third-order valence-corrected chi connectivity index (χ3v) is 4.28. The van der Waals surface area contributed by atoms with Gasteiger partial charge in [0.05, 0.1) is 0 Å². The fourth-order valence-electron chi connectivity index (χ4n) is 2.80. The van der Waals surface area contributed by atoms with Crippen LogP contribution in [0.2, 0.25) is 0 Å². The largest absolute Gasteiger partial charge is 0.357 e. The molecule has 1 aromatic rings. The van der Waals surface area contributed by atoms with Crippen LogP contribution in [0, 0.1) is 5.41 Å². The first-order chi connectivity index (χ1) is 9.58. The number of hydrogen-bond donors (Lipinski definition) is 2. The highest BCUT2D eigenvalue weighted by Crippen LogP contribution is 2.40. The van der Waals surface area contributed by atoms with Crippen LogP contribution in [-0.2, 0) is 0 Å². The minimum absolute atomic E-state index is 0.421. The first-order valence-corrected chi connectivity index (χ1v) is 7.43. The Morgan fingerprint density at radius 1 is 1.10 bits per heavy atom. The summed E-state index contributed by atoms with van der Waals surface area (Å²) in [6.45, 7) is 3.23. The standard InChI is InChI=1S/C14H26N6/c1-5-14(8-6-7-9-14)10-16-12-17-11(15-2)18-13(19-12)20(3)4/h5-10H2,1-4H3,(H2,15,16,17,18,19). The maximum atomic E-state index is 4.46. The quantitative estimate of drug-likeness (QED) is 0.833. The summed E-state index contributed by atoms with van der Waals surface area (Å²) in [4.78, 5) is 15.1. The van der Waals surface area contributed by atoms with Crippen LogP contribution in [0.25, 0.3) is 0 Å². The van der Waals surface area contributed by atoms with Crippen LogP contribution >= 0.6 is 0 Å². The summed E-state index contributed by atoms with van der Waals surface area (Å²) >= 11 is 0. The zero-order valence-electron chi connectivity index (χ0n) is 13.0. The minimum atomic E-state index is 0.421. The lowest BCUT2D eigenvalue weighted by molar-refractivity contribution is 0.306. The molecule has 0 bridgehead atoms. The van der Waals surface area contributed by atoms with Gasteiger partial charge in [-0.2, -0.15) is 15.0 Å². The average molecular weight is 278 g/mol. The molecule has 0 radical (unpaired) electrons. The van der Waals surface area contributed by atoms with Gasteiger partial charge in [-0.15, -0.1) is 0 Å². The van der Waals surface area contributed by atoms with Crippen LogP contribution in [0.15, 0.2) is 0 Å². The summed E-state index contributed by atoms with van der Waals surface area (Å²) in [6.07, 6.45) is 6.52. The number of aromatic nitrogens is 3. The summed E-state index contributed by atoms with van der Waals surface area (Å²) in [5, 5.41) is 6.40. The van der Waals surface area contributed by atoms with Crippen molar-refractivity contribution in [3.05, 3.63) is 0 Å². The Hall–Kier alpha value is -1.59. The van der Waals surface area contributed by atoms with E-state index in [4.69, 9.17) is 0 Å². The molecule has 0 unspecified atom stereocenters. The second-order valence-corrected chi connectivity index (χ2v) is 5.84. The van der Waals surface area contributed by atoms with E-state index in [9.17, 15) is 0 Å². The van der Waals surface area contributed by atoms with Crippen LogP contribution in [-0.4, -0.2) is 42.6 Å². The molecule has 2 rings (SSSR count). The van der Waals surface area contributed by atoms with Gasteiger partial charge in [0, 0.05) is 27.7 Å². The summed E-state index contributed by atoms with van der Waals surface area (Å²) in [5.74, 6) is 1.93. The molecule has 0 spiro atoms. The first-order valence-electron chi connectivity index (χ1n) is 7.43. The molecule has 20 heavy (non-hydrogen) atoms. The number of nitrogens with one attached hydrogen (secondary N) is 2. The van der Waals surface area contributed by atoms with Gasteiger partial charge in [0.1, 0.15) is 0 Å². The maximum Gasteiger partial charge on any atom is 0.231 e. The molecule has 2 N–H and O–H groups in total. The van der Waals surface area contributed by atoms with Crippen molar-refractivity contribution in [2.45, 2.75) is 39.0 Å². The second kappa shape index (κ2) is 6.24. The first kappa shape index (κ1) is 14.8. The van der Waals surface area contributed by atoms with E-state index in [1.165, 1.54) is 32.1 Å². The van der Waals surface area contributed by atoms with Gasteiger partial charge in [-0.25, -0.2) is 0 Å². The fraction of sp³-hybridized carbons (Fsp3) is 0.786. The highest BCUT2D eigenvalue weighted by atomic mass is 15.3. The number of nitrogens with zero attached hydrogens (tertiary/aromatic N) is 4. The molecule has 6 heteroatoms. The van der Waals surface area contributed by atoms with E-state index < -0.39 is 0 Å². The van der Waals surface area contributed by atoms with E-state index in [-0.39, 0.29) is 0 Å². The molecule has 6 nitrogen and oxygen atoms in total. The highest BCUT2D eigenvalue weighted by Gasteiger charge is 2.31. The third kappa shape index (κ3) is 3.29. The predicted molar refractivity (Wildman–Crippen MR) is 83.4 cm³/mol. The lowest BCUT2D eigenvalue weighted by atomic mass is 9.83. The van der Waals surface area contributed by atoms with E-state index in [2.05, 4.69) is 32.5 Å². The smallest absolute Gasteiger partial charge is 0.231 e. The van der Waals surface area contributed by atoms with Gasteiger partial charge >= 0.3 is 0 Å². The van der Waals surface area contributed by atoms with Gasteiger partial charge in [-0.1, -0.05) is 19.8 Å². The van der Waals surface area contributed by atoms with Crippen molar-refractivity contribution in [2.75, 3.05) is 43.2 Å². The Balaban J connectivity index is 2.10. The zero-order valence-corrected chi connectivity index (χ0v) is 13.0. The van der Waals surface area contributed by atoms with Crippen molar-refractivity contribution in [1.29, 1.82) is 0 Å². The van der Waals surface area contributed by atoms with Gasteiger partial charge in [0.15, 0.2) is 0 Å². The number of anilines is 3. The Morgan fingerprint density at radius 3 is 2.30 bits per heavy atom. The van der Waals surface area contributed by atoms with Gasteiger partial charge in [-0.05, 0) is 24.7 Å². The van der Waals surface area contributed by atoms with Crippen molar-refractivity contribution in [3.63, 3.8) is 0 Å². The summed E-state index contributed by atoms with van der Waals surface area (Å²) < 4.78 is 0. The van der Waals surface area contributed by atoms with E-state index in [0.717, 1.165) is 6.54 Å². The van der Waals surface area contributed by atoms with Crippen LogP contribution in [0.1, 0.15) is 39.0 Å². The van der Waals surface area contributed by atoms with E-state index in [0.29, 0.717) is 23.3 Å². The topological polar surface area (TPSA) is 66.0 Å². The monoisotopic (exact) mass is 278 g/mol. The van der Waals surface area contributed by atoms with Gasteiger partial charge in [0.25, 0.3) is 0 Å². The molecule has 0 aliphatic heterocycles. The van der Waals surface area contributed by atoms with Crippen molar-refractivity contribution in [1.82, 2.24) is 15.0 Å². The van der Waals surface area contributed by atoms with Crippen LogP contribution in [0.4, 0.5) is 17.8 Å². The molecule has 0 amide bonds. The lowest BCUT2D eigenvalue weighted by Crippen LogP contribution is -2.27. The van der Waals surface area contributed by atoms with Crippen molar-refractivity contribution in [3.8, 4) is 0 Å². The molecule has 1 heterocycles. The van der Waals surface area contributed by atoms with E-state index >= 15 is 0 Å². The Bertz CT molecular complexity index is 439. The predicted octanol–water partition coefficient (Wildman–Crippen LogP) is 2.36. The highest BCUT2D eigenvalue weighted by molar-refractivity contribution is 5.42. The molecule has 1 aliphatic rings. The van der Waals surface area contributed by atoms with Gasteiger partial charge in [-0.3, -0.25) is 0 Å². The Kier molecular flexibility index (Phi) is 4.62. The maximum absolute atomic E-state index is 4.46. The Labute approximate surface area is 121 Å². The second-order valence-electron chi connectivity index (χ2n) is 5.84. The summed E-state index contributed by atoms with van der Waals surface area (Å²) in [5.41, 5.74) is 0.421. The molecule has 1 aromatic heterocycles. The SMILES string of the molecule is CCC1(CNc2nc(NC)nc(N(C)C)n2)CCCC1. The van der Waals surface area contributed by atoms with E-state index in [1.54, 1.807) is 0 Å². The molecule has 0 aromatic carbocycles. The lowest BCUT2D eigenvalue weighted by Gasteiger charge is -2.27. The molecule has 1 aliphatic carbocycles. The van der Waals surface area contributed by atoms with Crippen LogP contribution < -0.4 is 15.5 Å².